The first kappa shape index (κ1) is 10.7. The van der Waals surface area contributed by atoms with Crippen LogP contribution in [-0.4, -0.2) is 9.97 Å². The van der Waals surface area contributed by atoms with Crippen molar-refractivity contribution in [1.82, 2.24) is 9.97 Å². The highest BCUT2D eigenvalue weighted by atomic mass is 35.5. The Bertz CT molecular complexity index is 853. The van der Waals surface area contributed by atoms with Crippen LogP contribution in [0.5, 0.6) is 0 Å². The van der Waals surface area contributed by atoms with Crippen molar-refractivity contribution in [3.05, 3.63) is 59.6 Å². The molecular formula is C16H11ClN2. The van der Waals surface area contributed by atoms with Crippen molar-refractivity contribution in [3.8, 4) is 11.4 Å². The molecule has 0 spiro atoms. The van der Waals surface area contributed by atoms with Gasteiger partial charge in [0.1, 0.15) is 0 Å². The highest BCUT2D eigenvalue weighted by Crippen LogP contribution is 2.27. The zero-order valence-electron chi connectivity index (χ0n) is 10.1. The third-order valence-corrected chi connectivity index (χ3v) is 3.64. The summed E-state index contributed by atoms with van der Waals surface area (Å²) < 4.78 is 0. The van der Waals surface area contributed by atoms with Gasteiger partial charge < -0.3 is 9.97 Å². The van der Waals surface area contributed by atoms with E-state index in [0.717, 1.165) is 32.8 Å². The van der Waals surface area contributed by atoms with Crippen molar-refractivity contribution in [2.75, 3.05) is 0 Å². The fraction of sp³-hybridized carbons (Fsp3) is 0. The van der Waals surface area contributed by atoms with E-state index in [4.69, 9.17) is 11.6 Å². The fourth-order valence-corrected chi connectivity index (χ4v) is 2.63. The molecule has 0 amide bonds. The predicted octanol–water partition coefficient (Wildman–Crippen LogP) is 4.97. The topological polar surface area (TPSA) is 31.6 Å². The van der Waals surface area contributed by atoms with Crippen LogP contribution < -0.4 is 0 Å². The monoisotopic (exact) mass is 266 g/mol. The molecule has 4 aromatic rings. The van der Waals surface area contributed by atoms with E-state index in [1.165, 1.54) is 5.39 Å². The summed E-state index contributed by atoms with van der Waals surface area (Å²) in [6.45, 7) is 0. The lowest BCUT2D eigenvalue weighted by Crippen LogP contribution is -1.75. The molecule has 0 saturated carbocycles. The summed E-state index contributed by atoms with van der Waals surface area (Å²) in [6.07, 6.45) is 0. The second kappa shape index (κ2) is 3.90. The summed E-state index contributed by atoms with van der Waals surface area (Å²) >= 11 is 6.01. The highest BCUT2D eigenvalue weighted by Gasteiger charge is 2.06. The lowest BCUT2D eigenvalue weighted by atomic mass is 10.2. The third-order valence-electron chi connectivity index (χ3n) is 3.40. The van der Waals surface area contributed by atoms with Crippen LogP contribution in [-0.2, 0) is 0 Å². The maximum absolute atomic E-state index is 6.01. The molecule has 0 aliphatic heterocycles. The molecule has 19 heavy (non-hydrogen) atoms. The van der Waals surface area contributed by atoms with Gasteiger partial charge in [-0.15, -0.1) is 0 Å². The summed E-state index contributed by atoms with van der Waals surface area (Å²) in [7, 11) is 0. The first-order valence-corrected chi connectivity index (χ1v) is 6.54. The Morgan fingerprint density at radius 3 is 2.16 bits per heavy atom. The highest BCUT2D eigenvalue weighted by molar-refractivity contribution is 6.31. The molecule has 2 N–H and O–H groups in total. The van der Waals surface area contributed by atoms with Crippen molar-refractivity contribution >= 4 is 33.4 Å². The largest absolute Gasteiger partial charge is 0.353 e. The van der Waals surface area contributed by atoms with Crippen molar-refractivity contribution in [1.29, 1.82) is 0 Å². The van der Waals surface area contributed by atoms with Gasteiger partial charge in [0.05, 0.1) is 11.4 Å². The van der Waals surface area contributed by atoms with Gasteiger partial charge in [-0.25, -0.2) is 0 Å². The number of aromatic amines is 2. The van der Waals surface area contributed by atoms with E-state index in [9.17, 15) is 0 Å². The zero-order valence-corrected chi connectivity index (χ0v) is 10.8. The van der Waals surface area contributed by atoms with Gasteiger partial charge in [-0.3, -0.25) is 0 Å². The minimum atomic E-state index is 0.748. The van der Waals surface area contributed by atoms with Crippen LogP contribution in [0, 0.1) is 0 Å². The molecule has 0 fully saturated rings. The molecule has 92 valence electrons. The van der Waals surface area contributed by atoms with E-state index in [0.29, 0.717) is 0 Å². The van der Waals surface area contributed by atoms with Crippen LogP contribution in [0.25, 0.3) is 33.2 Å². The average Bonchev–Trinajstić information content (AvgIpc) is 3.00. The first-order valence-electron chi connectivity index (χ1n) is 6.16. The Labute approximate surface area is 115 Å². The van der Waals surface area contributed by atoms with Crippen LogP contribution in [0.2, 0.25) is 5.02 Å². The molecule has 3 heteroatoms. The molecule has 2 nitrogen and oxygen atoms in total. The predicted molar refractivity (Wildman–Crippen MR) is 80.6 cm³/mol. The van der Waals surface area contributed by atoms with Crippen LogP contribution in [0.1, 0.15) is 0 Å². The van der Waals surface area contributed by atoms with Gasteiger partial charge in [0.15, 0.2) is 0 Å². The van der Waals surface area contributed by atoms with Crippen molar-refractivity contribution in [2.24, 2.45) is 0 Å². The Morgan fingerprint density at radius 2 is 1.37 bits per heavy atom. The molecule has 0 radical (unpaired) electrons. The minimum Gasteiger partial charge on any atom is -0.353 e. The van der Waals surface area contributed by atoms with Crippen LogP contribution >= 0.6 is 11.6 Å². The Morgan fingerprint density at radius 1 is 0.684 bits per heavy atom. The van der Waals surface area contributed by atoms with Gasteiger partial charge in [0.25, 0.3) is 0 Å². The standard InChI is InChI=1S/C16H11ClN2/c17-12-6-5-11-8-16(19-14(11)9-12)15-7-10-3-1-2-4-13(10)18-15/h1-9,18-19H. The number of para-hydroxylation sites is 1. The van der Waals surface area contributed by atoms with E-state index in [1.54, 1.807) is 0 Å². The molecule has 0 saturated heterocycles. The van der Waals surface area contributed by atoms with Gasteiger partial charge in [-0.1, -0.05) is 35.9 Å². The lowest BCUT2D eigenvalue weighted by Gasteiger charge is -1.91. The molecule has 0 aliphatic carbocycles. The van der Waals surface area contributed by atoms with Gasteiger partial charge >= 0.3 is 0 Å². The zero-order chi connectivity index (χ0) is 12.8. The van der Waals surface area contributed by atoms with Gasteiger partial charge in [-0.2, -0.15) is 0 Å². The summed E-state index contributed by atoms with van der Waals surface area (Å²) in [5.74, 6) is 0. The number of hydrogen-bond acceptors (Lipinski definition) is 0. The summed E-state index contributed by atoms with van der Waals surface area (Å²) in [4.78, 5) is 6.82. The van der Waals surface area contributed by atoms with Crippen LogP contribution in [0.15, 0.2) is 54.6 Å². The van der Waals surface area contributed by atoms with Gasteiger partial charge in [0, 0.05) is 26.8 Å². The molecule has 2 aromatic carbocycles. The SMILES string of the molecule is Clc1ccc2cc(-c3cc4ccccc4[nH]3)[nH]c2c1. The van der Waals surface area contributed by atoms with E-state index in [1.807, 2.05) is 30.3 Å². The maximum atomic E-state index is 6.01. The van der Waals surface area contributed by atoms with Crippen LogP contribution in [0.4, 0.5) is 0 Å². The Hall–Kier alpha value is -2.19. The first-order chi connectivity index (χ1) is 9.29. The number of benzene rings is 2. The second-order valence-electron chi connectivity index (χ2n) is 4.68. The van der Waals surface area contributed by atoms with Gasteiger partial charge in [-0.05, 0) is 30.3 Å². The Kier molecular flexibility index (Phi) is 2.20. The van der Waals surface area contributed by atoms with Crippen molar-refractivity contribution in [2.45, 2.75) is 0 Å². The molecule has 2 heterocycles. The number of halogens is 1. The number of H-pyrrole nitrogens is 2. The fourth-order valence-electron chi connectivity index (χ4n) is 2.46. The summed E-state index contributed by atoms with van der Waals surface area (Å²) in [5.41, 5.74) is 4.37. The van der Waals surface area contributed by atoms with E-state index in [2.05, 4.69) is 34.2 Å². The Balaban J connectivity index is 1.93. The molecular weight excluding hydrogens is 256 g/mol. The normalized spacial score (nSPS) is 11.4. The van der Waals surface area contributed by atoms with E-state index in [-0.39, 0.29) is 0 Å². The molecule has 0 bridgehead atoms. The third kappa shape index (κ3) is 1.72. The van der Waals surface area contributed by atoms with Gasteiger partial charge in [0.2, 0.25) is 0 Å². The smallest absolute Gasteiger partial charge is 0.0630 e. The van der Waals surface area contributed by atoms with Crippen molar-refractivity contribution in [3.63, 3.8) is 0 Å². The molecule has 0 atom stereocenters. The molecule has 0 unspecified atom stereocenters. The van der Waals surface area contributed by atoms with Crippen LogP contribution in [0.3, 0.4) is 0 Å². The second-order valence-corrected chi connectivity index (χ2v) is 5.12. The number of rotatable bonds is 1. The van der Waals surface area contributed by atoms with E-state index < -0.39 is 0 Å². The number of fused-ring (bicyclic) bond motifs is 2. The quantitative estimate of drug-likeness (QED) is 0.487. The lowest BCUT2D eigenvalue weighted by molar-refractivity contribution is 1.38. The summed E-state index contributed by atoms with van der Waals surface area (Å²) in [5, 5.41) is 3.13. The molecule has 0 aliphatic rings. The number of nitrogens with one attached hydrogen (secondary N) is 2. The number of hydrogen-bond donors (Lipinski definition) is 2. The maximum Gasteiger partial charge on any atom is 0.0630 e. The molecule has 4 rings (SSSR count). The number of aromatic nitrogens is 2. The molecule has 2 aromatic heterocycles. The van der Waals surface area contributed by atoms with E-state index >= 15 is 0 Å². The van der Waals surface area contributed by atoms with Crippen molar-refractivity contribution < 1.29 is 0 Å². The average molecular weight is 267 g/mol. The summed E-state index contributed by atoms with van der Waals surface area (Å²) in [6, 6.07) is 18.4. The minimum absolute atomic E-state index is 0.748.